The number of methoxy groups -OCH3 is 1. The lowest BCUT2D eigenvalue weighted by atomic mass is 10.1. The summed E-state index contributed by atoms with van der Waals surface area (Å²) in [4.78, 5) is 4.23. The Morgan fingerprint density at radius 1 is 1.13 bits per heavy atom. The fourth-order valence-electron chi connectivity index (χ4n) is 2.09. The van der Waals surface area contributed by atoms with Crippen molar-refractivity contribution in [2.75, 3.05) is 33.9 Å². The molecule has 130 valence electrons. The lowest BCUT2D eigenvalue weighted by Crippen LogP contribution is -2.38. The third-order valence-corrected chi connectivity index (χ3v) is 3.47. The van der Waals surface area contributed by atoms with Gasteiger partial charge in [-0.2, -0.15) is 0 Å². The first kappa shape index (κ1) is 19.5. The fourth-order valence-corrected chi connectivity index (χ4v) is 2.09. The van der Waals surface area contributed by atoms with Crippen LogP contribution in [0.25, 0.3) is 0 Å². The van der Waals surface area contributed by atoms with Crippen LogP contribution in [0.15, 0.2) is 29.3 Å². The Bertz CT molecular complexity index is 461. The fraction of sp³-hybridized carbons (Fsp3) is 0.611. The molecule has 5 nitrogen and oxygen atoms in total. The zero-order chi connectivity index (χ0) is 16.9. The molecule has 5 heteroatoms. The molecule has 23 heavy (non-hydrogen) atoms. The topological polar surface area (TPSA) is 54.9 Å². The van der Waals surface area contributed by atoms with E-state index in [0.29, 0.717) is 25.7 Å². The minimum atomic E-state index is 0.619. The van der Waals surface area contributed by atoms with Crippen molar-refractivity contribution in [3.8, 4) is 0 Å². The van der Waals surface area contributed by atoms with Crippen molar-refractivity contribution in [3.05, 3.63) is 35.4 Å². The van der Waals surface area contributed by atoms with Crippen molar-refractivity contribution < 1.29 is 9.47 Å². The quantitative estimate of drug-likeness (QED) is 0.395. The van der Waals surface area contributed by atoms with Crippen LogP contribution in [0.4, 0.5) is 0 Å². The molecule has 0 aliphatic rings. The van der Waals surface area contributed by atoms with E-state index in [-0.39, 0.29) is 0 Å². The summed E-state index contributed by atoms with van der Waals surface area (Å²) in [7, 11) is 3.49. The Hall–Kier alpha value is -1.59. The molecule has 0 amide bonds. The van der Waals surface area contributed by atoms with Crippen LogP contribution in [0.2, 0.25) is 0 Å². The first-order valence-electron chi connectivity index (χ1n) is 8.25. The highest BCUT2D eigenvalue weighted by molar-refractivity contribution is 5.79. The summed E-state index contributed by atoms with van der Waals surface area (Å²) in [5.41, 5.74) is 2.40. The van der Waals surface area contributed by atoms with Crippen molar-refractivity contribution >= 4 is 5.96 Å². The predicted molar refractivity (Wildman–Crippen MR) is 95.6 cm³/mol. The Morgan fingerprint density at radius 3 is 2.52 bits per heavy atom. The summed E-state index contributed by atoms with van der Waals surface area (Å²) in [5, 5.41) is 6.58. The summed E-state index contributed by atoms with van der Waals surface area (Å²) >= 11 is 0. The number of nitrogens with zero attached hydrogens (tertiary/aromatic N) is 1. The number of ether oxygens (including phenoxy) is 2. The maximum absolute atomic E-state index is 5.59. The van der Waals surface area contributed by atoms with E-state index in [1.54, 1.807) is 14.2 Å². The summed E-state index contributed by atoms with van der Waals surface area (Å²) in [5.74, 6) is 1.47. The Morgan fingerprint density at radius 2 is 1.87 bits per heavy atom. The van der Waals surface area contributed by atoms with Crippen molar-refractivity contribution in [1.29, 1.82) is 0 Å². The molecule has 1 aromatic carbocycles. The summed E-state index contributed by atoms with van der Waals surface area (Å²) in [6.07, 6.45) is 1.10. The van der Waals surface area contributed by atoms with E-state index in [2.05, 4.69) is 41.6 Å². The van der Waals surface area contributed by atoms with Gasteiger partial charge in [0.15, 0.2) is 5.96 Å². The molecule has 0 fully saturated rings. The molecule has 0 bridgehead atoms. The van der Waals surface area contributed by atoms with Gasteiger partial charge in [-0.25, -0.2) is 0 Å². The maximum Gasteiger partial charge on any atom is 0.191 e. The Balaban J connectivity index is 2.29. The van der Waals surface area contributed by atoms with Gasteiger partial charge in [-0.3, -0.25) is 4.99 Å². The third-order valence-electron chi connectivity index (χ3n) is 3.47. The standard InChI is InChI=1S/C18H31N3O2/c1-15(2)9-11-23-12-10-20-18(19-3)21-13-16-7-5-6-8-17(16)14-22-4/h5-8,15H,9-14H2,1-4H3,(H2,19,20,21). The summed E-state index contributed by atoms with van der Waals surface area (Å²) in [6.45, 7) is 7.99. The lowest BCUT2D eigenvalue weighted by molar-refractivity contribution is 0.128. The zero-order valence-corrected chi connectivity index (χ0v) is 14.9. The van der Waals surface area contributed by atoms with Crippen LogP contribution < -0.4 is 10.6 Å². The normalized spacial score (nSPS) is 11.8. The van der Waals surface area contributed by atoms with Gasteiger partial charge < -0.3 is 20.1 Å². The molecule has 0 saturated heterocycles. The number of nitrogens with one attached hydrogen (secondary N) is 2. The van der Waals surface area contributed by atoms with Gasteiger partial charge in [0.25, 0.3) is 0 Å². The Kier molecular flexibility index (Phi) is 10.1. The summed E-state index contributed by atoms with van der Waals surface area (Å²) < 4.78 is 10.8. The molecular weight excluding hydrogens is 290 g/mol. The SMILES string of the molecule is CN=C(NCCOCCC(C)C)NCc1ccccc1COC. The third kappa shape index (κ3) is 8.57. The minimum Gasteiger partial charge on any atom is -0.380 e. The molecule has 1 rings (SSSR count). The van der Waals surface area contributed by atoms with E-state index in [0.717, 1.165) is 25.5 Å². The van der Waals surface area contributed by atoms with Crippen LogP contribution in [0.1, 0.15) is 31.4 Å². The van der Waals surface area contributed by atoms with Crippen LogP contribution in [0, 0.1) is 5.92 Å². The molecule has 0 aromatic heterocycles. The highest BCUT2D eigenvalue weighted by Crippen LogP contribution is 2.09. The van der Waals surface area contributed by atoms with Gasteiger partial charge in [0.2, 0.25) is 0 Å². The number of guanidine groups is 1. The number of hydrogen-bond donors (Lipinski definition) is 2. The molecular formula is C18H31N3O2. The van der Waals surface area contributed by atoms with Crippen LogP contribution in [0.3, 0.4) is 0 Å². The van der Waals surface area contributed by atoms with Gasteiger partial charge in [0.1, 0.15) is 0 Å². The van der Waals surface area contributed by atoms with Crippen LogP contribution in [-0.2, 0) is 22.6 Å². The molecule has 0 saturated carbocycles. The predicted octanol–water partition coefficient (Wildman–Crippen LogP) is 2.56. The number of benzene rings is 1. The minimum absolute atomic E-state index is 0.619. The van der Waals surface area contributed by atoms with E-state index in [1.165, 1.54) is 11.1 Å². The first-order valence-corrected chi connectivity index (χ1v) is 8.25. The number of hydrogen-bond acceptors (Lipinski definition) is 3. The highest BCUT2D eigenvalue weighted by atomic mass is 16.5. The van der Waals surface area contributed by atoms with E-state index in [4.69, 9.17) is 9.47 Å². The second-order valence-corrected chi connectivity index (χ2v) is 5.85. The number of rotatable bonds is 10. The van der Waals surface area contributed by atoms with E-state index in [1.807, 2.05) is 12.1 Å². The van der Waals surface area contributed by atoms with Gasteiger partial charge in [-0.1, -0.05) is 38.1 Å². The highest BCUT2D eigenvalue weighted by Gasteiger charge is 2.03. The lowest BCUT2D eigenvalue weighted by Gasteiger charge is -2.14. The molecule has 0 spiro atoms. The molecule has 0 radical (unpaired) electrons. The van der Waals surface area contributed by atoms with E-state index in [9.17, 15) is 0 Å². The first-order chi connectivity index (χ1) is 11.2. The molecule has 0 atom stereocenters. The van der Waals surface area contributed by atoms with Crippen LogP contribution in [-0.4, -0.2) is 39.9 Å². The average Bonchev–Trinajstić information content (AvgIpc) is 2.54. The monoisotopic (exact) mass is 321 g/mol. The average molecular weight is 321 g/mol. The zero-order valence-electron chi connectivity index (χ0n) is 14.9. The van der Waals surface area contributed by atoms with Crippen molar-refractivity contribution in [1.82, 2.24) is 10.6 Å². The van der Waals surface area contributed by atoms with E-state index < -0.39 is 0 Å². The molecule has 0 aliphatic heterocycles. The van der Waals surface area contributed by atoms with Crippen LogP contribution >= 0.6 is 0 Å². The molecule has 1 aromatic rings. The van der Waals surface area contributed by atoms with Gasteiger partial charge in [0, 0.05) is 33.9 Å². The van der Waals surface area contributed by atoms with Crippen molar-refractivity contribution in [2.45, 2.75) is 33.4 Å². The van der Waals surface area contributed by atoms with Gasteiger partial charge in [-0.15, -0.1) is 0 Å². The van der Waals surface area contributed by atoms with Crippen molar-refractivity contribution in [3.63, 3.8) is 0 Å². The second-order valence-electron chi connectivity index (χ2n) is 5.85. The molecule has 0 aliphatic carbocycles. The Labute approximate surface area is 140 Å². The number of aliphatic imine (C=N–C) groups is 1. The van der Waals surface area contributed by atoms with E-state index >= 15 is 0 Å². The van der Waals surface area contributed by atoms with Gasteiger partial charge >= 0.3 is 0 Å². The summed E-state index contributed by atoms with van der Waals surface area (Å²) in [6, 6.07) is 8.25. The maximum atomic E-state index is 5.59. The molecule has 0 unspecified atom stereocenters. The molecule has 0 heterocycles. The smallest absolute Gasteiger partial charge is 0.191 e. The van der Waals surface area contributed by atoms with Crippen LogP contribution in [0.5, 0.6) is 0 Å². The largest absolute Gasteiger partial charge is 0.380 e. The van der Waals surface area contributed by atoms with Crippen molar-refractivity contribution in [2.24, 2.45) is 10.9 Å². The molecule has 2 N–H and O–H groups in total. The van der Waals surface area contributed by atoms with Gasteiger partial charge in [-0.05, 0) is 23.5 Å². The second kappa shape index (κ2) is 11.9. The van der Waals surface area contributed by atoms with Gasteiger partial charge in [0.05, 0.1) is 13.2 Å².